The number of amides is 1. The average Bonchev–Trinajstić information content (AvgIpc) is 2.59. The second kappa shape index (κ2) is 8.04. The maximum Gasteiger partial charge on any atom is 0.422 e. The van der Waals surface area contributed by atoms with Crippen molar-refractivity contribution in [2.45, 2.75) is 11.1 Å². The normalized spacial score (nSPS) is 11.1. The summed E-state index contributed by atoms with van der Waals surface area (Å²) in [5, 5.41) is 13.5. The summed E-state index contributed by atoms with van der Waals surface area (Å²) in [6.07, 6.45) is -1.68. The van der Waals surface area contributed by atoms with Gasteiger partial charge in [-0.1, -0.05) is 0 Å². The summed E-state index contributed by atoms with van der Waals surface area (Å²) < 4.78 is 40.7. The fourth-order valence-electron chi connectivity index (χ4n) is 1.87. The van der Waals surface area contributed by atoms with Crippen molar-refractivity contribution in [3.63, 3.8) is 0 Å². The number of ether oxygens (including phenoxy) is 1. The third-order valence-corrected chi connectivity index (χ3v) is 3.80. The highest BCUT2D eigenvalue weighted by atomic mass is 32.2. The van der Waals surface area contributed by atoms with Gasteiger partial charge in [-0.25, -0.2) is 4.98 Å². The molecule has 1 aromatic heterocycles. The molecule has 1 N–H and O–H groups in total. The molecular formula is C15H12F3N3O4S. The quantitative estimate of drug-likeness (QED) is 0.459. The molecule has 0 unspecified atom stereocenters. The molecular weight excluding hydrogens is 375 g/mol. The minimum absolute atomic E-state index is 0.0619. The van der Waals surface area contributed by atoms with E-state index in [4.69, 9.17) is 0 Å². The van der Waals surface area contributed by atoms with Crippen molar-refractivity contribution in [2.75, 3.05) is 18.2 Å². The molecule has 0 aliphatic heterocycles. The van der Waals surface area contributed by atoms with Gasteiger partial charge in [-0.15, -0.1) is 11.8 Å². The number of carbonyl (C=O) groups is 1. The summed E-state index contributed by atoms with van der Waals surface area (Å²) in [5.74, 6) is -0.869. The van der Waals surface area contributed by atoms with Gasteiger partial charge in [-0.2, -0.15) is 13.2 Å². The number of carbonyl (C=O) groups excluding carboxylic acids is 1. The van der Waals surface area contributed by atoms with Crippen molar-refractivity contribution in [3.05, 3.63) is 52.2 Å². The number of rotatable bonds is 6. The number of nitrogens with one attached hydrogen (secondary N) is 1. The van der Waals surface area contributed by atoms with Gasteiger partial charge in [0.1, 0.15) is 0 Å². The Kier molecular flexibility index (Phi) is 6.03. The fraction of sp³-hybridized carbons (Fsp3) is 0.200. The van der Waals surface area contributed by atoms with Crippen LogP contribution in [-0.4, -0.2) is 34.9 Å². The smallest absolute Gasteiger partial charge is 0.422 e. The van der Waals surface area contributed by atoms with Crippen LogP contribution in [0, 0.1) is 10.1 Å². The van der Waals surface area contributed by atoms with E-state index >= 15 is 0 Å². The monoisotopic (exact) mass is 387 g/mol. The van der Waals surface area contributed by atoms with Crippen LogP contribution in [0.3, 0.4) is 0 Å². The van der Waals surface area contributed by atoms with Gasteiger partial charge in [0.05, 0.1) is 21.7 Å². The van der Waals surface area contributed by atoms with Gasteiger partial charge in [0.25, 0.3) is 11.6 Å². The van der Waals surface area contributed by atoms with Crippen LogP contribution in [0.4, 0.5) is 24.5 Å². The number of thioether (sulfide) groups is 1. The molecule has 1 heterocycles. The highest BCUT2D eigenvalue weighted by Gasteiger charge is 2.28. The summed E-state index contributed by atoms with van der Waals surface area (Å²) in [5.41, 5.74) is 0.0667. The number of aromatic nitrogens is 1. The SMILES string of the molecule is CSc1ccc(C(=O)Nc2ccc(OCC(F)(F)F)nc2)cc1[N+](=O)[O-]. The maximum atomic E-state index is 12.2. The van der Waals surface area contributed by atoms with Gasteiger partial charge >= 0.3 is 6.18 Å². The Morgan fingerprint density at radius 3 is 2.62 bits per heavy atom. The van der Waals surface area contributed by atoms with E-state index in [9.17, 15) is 28.1 Å². The van der Waals surface area contributed by atoms with E-state index in [2.05, 4.69) is 15.0 Å². The maximum absolute atomic E-state index is 12.2. The molecule has 0 saturated carbocycles. The van der Waals surface area contributed by atoms with E-state index in [1.165, 1.54) is 36.0 Å². The van der Waals surface area contributed by atoms with Gasteiger partial charge in [0, 0.05) is 17.7 Å². The number of halogens is 3. The fourth-order valence-corrected chi connectivity index (χ4v) is 2.42. The first kappa shape index (κ1) is 19.5. The summed E-state index contributed by atoms with van der Waals surface area (Å²) in [6.45, 7) is -1.48. The minimum atomic E-state index is -4.48. The number of nitro groups is 1. The van der Waals surface area contributed by atoms with Crippen molar-refractivity contribution in [3.8, 4) is 5.88 Å². The predicted octanol–water partition coefficient (Wildman–Crippen LogP) is 3.91. The average molecular weight is 387 g/mol. The molecule has 0 aliphatic rings. The van der Waals surface area contributed by atoms with E-state index < -0.39 is 23.6 Å². The molecule has 26 heavy (non-hydrogen) atoms. The van der Waals surface area contributed by atoms with Gasteiger partial charge in [-0.05, 0) is 24.5 Å². The van der Waals surface area contributed by atoms with Gasteiger partial charge in [-0.3, -0.25) is 14.9 Å². The van der Waals surface area contributed by atoms with Crippen LogP contribution >= 0.6 is 11.8 Å². The van der Waals surface area contributed by atoms with Crippen LogP contribution in [0.1, 0.15) is 10.4 Å². The van der Waals surface area contributed by atoms with Gasteiger partial charge in [0.15, 0.2) is 6.61 Å². The minimum Gasteiger partial charge on any atom is -0.468 e. The summed E-state index contributed by atoms with van der Waals surface area (Å²) in [4.78, 5) is 26.7. The first-order valence-corrected chi connectivity index (χ1v) is 8.21. The van der Waals surface area contributed by atoms with E-state index in [1.807, 2.05) is 0 Å². The Morgan fingerprint density at radius 1 is 1.35 bits per heavy atom. The van der Waals surface area contributed by atoms with Crippen molar-refractivity contribution in [1.82, 2.24) is 4.98 Å². The summed E-state index contributed by atoms with van der Waals surface area (Å²) in [7, 11) is 0. The molecule has 0 radical (unpaired) electrons. The zero-order valence-electron chi connectivity index (χ0n) is 13.2. The summed E-state index contributed by atoms with van der Waals surface area (Å²) >= 11 is 1.18. The van der Waals surface area contributed by atoms with Crippen LogP contribution < -0.4 is 10.1 Å². The first-order chi connectivity index (χ1) is 12.2. The Bertz CT molecular complexity index is 813. The molecule has 138 valence electrons. The third-order valence-electron chi connectivity index (χ3n) is 3.02. The predicted molar refractivity (Wildman–Crippen MR) is 88.6 cm³/mol. The molecule has 2 rings (SSSR count). The van der Waals surface area contributed by atoms with E-state index in [0.29, 0.717) is 4.90 Å². The number of alkyl halides is 3. The van der Waals surface area contributed by atoms with Crippen LogP contribution in [-0.2, 0) is 0 Å². The highest BCUT2D eigenvalue weighted by molar-refractivity contribution is 7.98. The number of anilines is 1. The Balaban J connectivity index is 2.08. The molecule has 0 bridgehead atoms. The molecule has 1 aromatic carbocycles. The molecule has 1 amide bonds. The van der Waals surface area contributed by atoms with Crippen molar-refractivity contribution in [2.24, 2.45) is 0 Å². The molecule has 0 spiro atoms. The van der Waals surface area contributed by atoms with Crippen LogP contribution in [0.5, 0.6) is 5.88 Å². The largest absolute Gasteiger partial charge is 0.468 e. The number of hydrogen-bond acceptors (Lipinski definition) is 6. The topological polar surface area (TPSA) is 94.4 Å². The Morgan fingerprint density at radius 2 is 2.08 bits per heavy atom. The number of pyridine rings is 1. The lowest BCUT2D eigenvalue weighted by Gasteiger charge is -2.09. The second-order valence-electron chi connectivity index (χ2n) is 4.89. The number of benzene rings is 1. The van der Waals surface area contributed by atoms with Crippen molar-refractivity contribution in [1.29, 1.82) is 0 Å². The van der Waals surface area contributed by atoms with Gasteiger partial charge < -0.3 is 10.1 Å². The number of nitrogens with zero attached hydrogens (tertiary/aromatic N) is 2. The van der Waals surface area contributed by atoms with E-state index in [-0.39, 0.29) is 22.8 Å². The Hall–Kier alpha value is -2.82. The molecule has 0 aliphatic carbocycles. The molecule has 0 saturated heterocycles. The van der Waals surface area contributed by atoms with Crippen molar-refractivity contribution >= 4 is 29.0 Å². The van der Waals surface area contributed by atoms with Crippen LogP contribution in [0.25, 0.3) is 0 Å². The van der Waals surface area contributed by atoms with Gasteiger partial charge in [0.2, 0.25) is 5.88 Å². The zero-order chi connectivity index (χ0) is 19.3. The zero-order valence-corrected chi connectivity index (χ0v) is 14.1. The lowest BCUT2D eigenvalue weighted by atomic mass is 10.2. The molecule has 0 fully saturated rings. The molecule has 11 heteroatoms. The van der Waals surface area contributed by atoms with E-state index in [1.54, 1.807) is 6.26 Å². The van der Waals surface area contributed by atoms with E-state index in [0.717, 1.165) is 12.3 Å². The number of nitro benzene ring substituents is 1. The Labute approximate surface area is 149 Å². The molecule has 7 nitrogen and oxygen atoms in total. The van der Waals surface area contributed by atoms with Crippen LogP contribution in [0.2, 0.25) is 0 Å². The first-order valence-electron chi connectivity index (χ1n) is 6.99. The lowest BCUT2D eigenvalue weighted by molar-refractivity contribution is -0.387. The second-order valence-corrected chi connectivity index (χ2v) is 5.73. The number of hydrogen-bond donors (Lipinski definition) is 1. The molecule has 2 aromatic rings. The molecule has 0 atom stereocenters. The lowest BCUT2D eigenvalue weighted by Crippen LogP contribution is -2.19. The standard InChI is InChI=1S/C15H12F3N3O4S/c1-26-12-4-2-9(6-11(12)21(23)24)14(22)20-10-3-5-13(19-7-10)25-8-15(16,17)18/h2-7H,8H2,1H3,(H,20,22). The highest BCUT2D eigenvalue weighted by Crippen LogP contribution is 2.28. The summed E-state index contributed by atoms with van der Waals surface area (Å²) in [6, 6.07) is 6.52. The van der Waals surface area contributed by atoms with Crippen molar-refractivity contribution < 1.29 is 27.6 Å². The van der Waals surface area contributed by atoms with Crippen LogP contribution in [0.15, 0.2) is 41.4 Å². The third kappa shape index (κ3) is 5.34.